The Kier molecular flexibility index (Phi) is 6.29. The lowest BCUT2D eigenvalue weighted by atomic mass is 10.0. The molecule has 1 atom stereocenters. The van der Waals surface area contributed by atoms with Crippen molar-refractivity contribution in [3.8, 4) is 0 Å². The van der Waals surface area contributed by atoms with Crippen molar-refractivity contribution in [1.82, 2.24) is 10.3 Å². The number of halogens is 1. The van der Waals surface area contributed by atoms with Crippen LogP contribution in [-0.4, -0.2) is 35.4 Å². The van der Waals surface area contributed by atoms with Crippen LogP contribution in [0.4, 0.5) is 0 Å². The average molecular weight is 347 g/mol. The molecule has 0 radical (unpaired) electrons. The summed E-state index contributed by atoms with van der Waals surface area (Å²) in [4.78, 5) is 16.2. The molecule has 1 aromatic rings. The third-order valence-electron chi connectivity index (χ3n) is 2.47. The Balaban J connectivity index is 2.79. The number of thioether (sulfide) groups is 1. The van der Waals surface area contributed by atoms with Gasteiger partial charge in [-0.25, -0.2) is 4.98 Å². The summed E-state index contributed by atoms with van der Waals surface area (Å²) in [5.41, 5.74) is -0.732. The largest absolute Gasteiger partial charge is 0.468 e. The fraction of sp³-hybridized carbons (Fsp3) is 0.538. The highest BCUT2D eigenvalue weighted by atomic mass is 79.9. The van der Waals surface area contributed by atoms with Crippen LogP contribution in [0.3, 0.4) is 0 Å². The molecule has 1 rings (SSSR count). The van der Waals surface area contributed by atoms with Crippen LogP contribution in [0.5, 0.6) is 0 Å². The van der Waals surface area contributed by atoms with Gasteiger partial charge >= 0.3 is 5.97 Å². The second kappa shape index (κ2) is 7.26. The van der Waals surface area contributed by atoms with Crippen molar-refractivity contribution in [2.45, 2.75) is 37.4 Å². The van der Waals surface area contributed by atoms with E-state index in [0.717, 1.165) is 9.50 Å². The lowest BCUT2D eigenvalue weighted by Crippen LogP contribution is -2.54. The monoisotopic (exact) mass is 346 g/mol. The van der Waals surface area contributed by atoms with Crippen molar-refractivity contribution in [3.05, 3.63) is 22.8 Å². The second-order valence-electron chi connectivity index (χ2n) is 4.70. The van der Waals surface area contributed by atoms with Gasteiger partial charge in [-0.1, -0.05) is 0 Å². The molecule has 1 heterocycles. The van der Waals surface area contributed by atoms with Crippen molar-refractivity contribution in [2.24, 2.45) is 0 Å². The molecule has 1 aromatic heterocycles. The lowest BCUT2D eigenvalue weighted by molar-refractivity contribution is -0.147. The molecule has 0 bridgehead atoms. The highest BCUT2D eigenvalue weighted by Gasteiger charge is 2.35. The number of carbonyl (C=O) groups is 1. The molecule has 0 spiro atoms. The zero-order chi connectivity index (χ0) is 14.5. The third-order valence-corrected chi connectivity index (χ3v) is 4.69. The topological polar surface area (TPSA) is 51.2 Å². The molecule has 0 amide bonds. The molecule has 6 heteroatoms. The molecule has 0 aliphatic rings. The van der Waals surface area contributed by atoms with E-state index in [1.807, 2.05) is 32.9 Å². The van der Waals surface area contributed by atoms with Crippen LogP contribution < -0.4 is 5.32 Å². The van der Waals surface area contributed by atoms with Gasteiger partial charge in [-0.3, -0.25) is 10.1 Å². The van der Waals surface area contributed by atoms with E-state index in [2.05, 4.69) is 26.2 Å². The van der Waals surface area contributed by atoms with Gasteiger partial charge in [0.05, 0.1) is 7.11 Å². The summed E-state index contributed by atoms with van der Waals surface area (Å²) >= 11 is 4.97. The van der Waals surface area contributed by atoms with E-state index in [-0.39, 0.29) is 12.0 Å². The van der Waals surface area contributed by atoms with Gasteiger partial charge in [-0.15, -0.1) is 11.8 Å². The molecule has 4 nitrogen and oxygen atoms in total. The van der Waals surface area contributed by atoms with Crippen molar-refractivity contribution < 1.29 is 9.53 Å². The molecule has 1 unspecified atom stereocenters. The maximum atomic E-state index is 11.9. The second-order valence-corrected chi connectivity index (χ2v) is 6.52. The quantitative estimate of drug-likeness (QED) is 0.634. The highest BCUT2D eigenvalue weighted by molar-refractivity contribution is 9.10. The molecule has 0 saturated carbocycles. The fourth-order valence-corrected chi connectivity index (χ4v) is 3.28. The predicted octanol–water partition coefficient (Wildman–Crippen LogP) is 2.87. The first-order valence-corrected chi connectivity index (χ1v) is 7.76. The Morgan fingerprint density at radius 3 is 2.84 bits per heavy atom. The van der Waals surface area contributed by atoms with Crippen LogP contribution in [0.2, 0.25) is 0 Å². The predicted molar refractivity (Wildman–Crippen MR) is 81.4 cm³/mol. The third kappa shape index (κ3) is 4.78. The Bertz CT molecular complexity index is 442. The molecule has 0 aliphatic heterocycles. The zero-order valence-electron chi connectivity index (χ0n) is 11.6. The Hall–Kier alpha value is -0.590. The summed E-state index contributed by atoms with van der Waals surface area (Å²) in [6.45, 7) is 5.85. The molecule has 106 valence electrons. The van der Waals surface area contributed by atoms with Crippen LogP contribution in [0.25, 0.3) is 0 Å². The summed E-state index contributed by atoms with van der Waals surface area (Å²) in [6.07, 6.45) is 1.73. The molecular weight excluding hydrogens is 328 g/mol. The molecule has 0 fully saturated rings. The maximum absolute atomic E-state index is 11.9. The molecule has 1 N–H and O–H groups in total. The number of hydrogen-bond acceptors (Lipinski definition) is 5. The molecular formula is C13H19BrN2O2S. The minimum absolute atomic E-state index is 0.192. The number of methoxy groups -OCH3 is 1. The van der Waals surface area contributed by atoms with Crippen molar-refractivity contribution in [2.75, 3.05) is 12.9 Å². The van der Waals surface area contributed by atoms with E-state index in [0.29, 0.717) is 5.75 Å². The van der Waals surface area contributed by atoms with Crippen molar-refractivity contribution in [1.29, 1.82) is 0 Å². The van der Waals surface area contributed by atoms with Gasteiger partial charge in [0, 0.05) is 22.5 Å². The Morgan fingerprint density at radius 2 is 2.32 bits per heavy atom. The van der Waals surface area contributed by atoms with Crippen molar-refractivity contribution >= 4 is 33.7 Å². The van der Waals surface area contributed by atoms with Gasteiger partial charge in [-0.05, 0) is 48.8 Å². The first-order valence-electron chi connectivity index (χ1n) is 5.98. The van der Waals surface area contributed by atoms with E-state index in [9.17, 15) is 4.79 Å². The molecule has 0 aliphatic carbocycles. The van der Waals surface area contributed by atoms with Gasteiger partial charge in [0.1, 0.15) is 10.6 Å². The number of hydrogen-bond donors (Lipinski definition) is 1. The van der Waals surface area contributed by atoms with Gasteiger partial charge in [0.15, 0.2) is 0 Å². The minimum Gasteiger partial charge on any atom is -0.468 e. The van der Waals surface area contributed by atoms with E-state index >= 15 is 0 Å². The Morgan fingerprint density at radius 1 is 1.63 bits per heavy atom. The Labute approximate surface area is 126 Å². The van der Waals surface area contributed by atoms with Gasteiger partial charge < -0.3 is 4.74 Å². The smallest absolute Gasteiger partial charge is 0.326 e. The van der Waals surface area contributed by atoms with Gasteiger partial charge in [0.25, 0.3) is 0 Å². The van der Waals surface area contributed by atoms with Crippen LogP contribution in [0.1, 0.15) is 20.8 Å². The lowest BCUT2D eigenvalue weighted by Gasteiger charge is -2.29. The number of pyridine rings is 1. The number of esters is 1. The molecule has 0 aromatic carbocycles. The standard InChI is InChI=1S/C13H19BrN2O2S/c1-9(2)16-13(3,12(17)18-4)8-19-11-10(14)6-5-7-15-11/h5-7,9,16H,8H2,1-4H3. The summed E-state index contributed by atoms with van der Waals surface area (Å²) in [5.74, 6) is 0.286. The van der Waals surface area contributed by atoms with E-state index < -0.39 is 5.54 Å². The van der Waals surface area contributed by atoms with E-state index in [4.69, 9.17) is 4.74 Å². The first-order chi connectivity index (χ1) is 8.89. The van der Waals surface area contributed by atoms with E-state index in [1.165, 1.54) is 18.9 Å². The van der Waals surface area contributed by atoms with Crippen LogP contribution in [-0.2, 0) is 9.53 Å². The van der Waals surface area contributed by atoms with Crippen molar-refractivity contribution in [3.63, 3.8) is 0 Å². The fourth-order valence-electron chi connectivity index (χ4n) is 1.71. The minimum atomic E-state index is -0.732. The number of rotatable bonds is 6. The van der Waals surface area contributed by atoms with Crippen LogP contribution in [0.15, 0.2) is 27.8 Å². The summed E-state index contributed by atoms with van der Waals surface area (Å²) < 4.78 is 5.82. The summed E-state index contributed by atoms with van der Waals surface area (Å²) in [5, 5.41) is 4.12. The average Bonchev–Trinajstić information content (AvgIpc) is 2.36. The SMILES string of the molecule is COC(=O)C(C)(CSc1ncccc1Br)NC(C)C. The molecule has 19 heavy (non-hydrogen) atoms. The molecule has 0 saturated heterocycles. The number of ether oxygens (including phenoxy) is 1. The van der Waals surface area contributed by atoms with Gasteiger partial charge in [-0.2, -0.15) is 0 Å². The number of aromatic nitrogens is 1. The highest BCUT2D eigenvalue weighted by Crippen LogP contribution is 2.28. The summed E-state index contributed by atoms with van der Waals surface area (Å²) in [7, 11) is 1.41. The van der Waals surface area contributed by atoms with Gasteiger partial charge in [0.2, 0.25) is 0 Å². The van der Waals surface area contributed by atoms with E-state index in [1.54, 1.807) is 6.20 Å². The maximum Gasteiger partial charge on any atom is 0.326 e. The normalized spacial score (nSPS) is 14.2. The zero-order valence-corrected chi connectivity index (χ0v) is 14.0. The summed E-state index contributed by atoms with van der Waals surface area (Å²) in [6, 6.07) is 3.98. The first kappa shape index (κ1) is 16.5. The van der Waals surface area contributed by atoms with Crippen LogP contribution in [0, 0.1) is 0 Å². The van der Waals surface area contributed by atoms with Crippen LogP contribution >= 0.6 is 27.7 Å². The number of nitrogens with zero attached hydrogens (tertiary/aromatic N) is 1. The number of nitrogens with one attached hydrogen (secondary N) is 1. The number of carbonyl (C=O) groups excluding carboxylic acids is 1.